The van der Waals surface area contributed by atoms with Crippen molar-refractivity contribution < 1.29 is 14.3 Å². The lowest BCUT2D eigenvalue weighted by Crippen LogP contribution is -2.20. The maximum atomic E-state index is 13.6. The first-order valence-corrected chi connectivity index (χ1v) is 7.39. The second-order valence-corrected chi connectivity index (χ2v) is 5.83. The van der Waals surface area contributed by atoms with Gasteiger partial charge in [-0.05, 0) is 51.7 Å². The Morgan fingerprint density at radius 3 is 2.90 bits per heavy atom. The third kappa shape index (κ3) is 2.65. The van der Waals surface area contributed by atoms with Crippen LogP contribution < -0.4 is 4.90 Å². The fraction of sp³-hybridized carbons (Fsp3) is 0.188. The third-order valence-electron chi connectivity index (χ3n) is 3.72. The molecule has 0 amide bonds. The highest BCUT2D eigenvalue weighted by atomic mass is 79.9. The Labute approximate surface area is 130 Å². The van der Waals surface area contributed by atoms with Crippen LogP contribution in [0.25, 0.3) is 0 Å². The van der Waals surface area contributed by atoms with Gasteiger partial charge >= 0.3 is 5.97 Å². The molecular weight excluding hydrogens is 337 g/mol. The summed E-state index contributed by atoms with van der Waals surface area (Å²) >= 11 is 3.27. The number of aromatic carboxylic acids is 1. The van der Waals surface area contributed by atoms with Crippen LogP contribution in [0.2, 0.25) is 0 Å². The Morgan fingerprint density at radius 2 is 2.14 bits per heavy atom. The summed E-state index contributed by atoms with van der Waals surface area (Å²) in [6.45, 7) is 1.36. The molecule has 21 heavy (non-hydrogen) atoms. The van der Waals surface area contributed by atoms with Gasteiger partial charge in [0.15, 0.2) is 0 Å². The van der Waals surface area contributed by atoms with Crippen molar-refractivity contribution in [3.05, 3.63) is 63.4 Å². The first-order chi connectivity index (χ1) is 10.1. The van der Waals surface area contributed by atoms with Gasteiger partial charge in [0.2, 0.25) is 0 Å². The maximum absolute atomic E-state index is 13.6. The minimum absolute atomic E-state index is 0.277. The number of anilines is 1. The summed E-state index contributed by atoms with van der Waals surface area (Å²) in [5.41, 5.74) is 3.18. The van der Waals surface area contributed by atoms with E-state index in [0.717, 1.165) is 29.8 Å². The average Bonchev–Trinajstić information content (AvgIpc) is 2.86. The van der Waals surface area contributed by atoms with E-state index in [-0.39, 0.29) is 11.4 Å². The number of rotatable bonds is 3. The van der Waals surface area contributed by atoms with Crippen LogP contribution in [0.4, 0.5) is 10.1 Å². The van der Waals surface area contributed by atoms with Crippen LogP contribution in [0.15, 0.2) is 40.9 Å². The van der Waals surface area contributed by atoms with Crippen LogP contribution in [-0.2, 0) is 13.0 Å². The summed E-state index contributed by atoms with van der Waals surface area (Å²) in [7, 11) is 0. The van der Waals surface area contributed by atoms with Gasteiger partial charge in [0, 0.05) is 18.8 Å². The van der Waals surface area contributed by atoms with E-state index in [1.165, 1.54) is 6.07 Å². The molecular formula is C16H13BrFNO2. The Bertz CT molecular complexity index is 717. The van der Waals surface area contributed by atoms with Crippen LogP contribution in [0.3, 0.4) is 0 Å². The van der Waals surface area contributed by atoms with Crippen molar-refractivity contribution in [2.24, 2.45) is 0 Å². The van der Waals surface area contributed by atoms with Crippen molar-refractivity contribution in [1.29, 1.82) is 0 Å². The molecule has 0 radical (unpaired) electrons. The monoisotopic (exact) mass is 349 g/mol. The van der Waals surface area contributed by atoms with Crippen LogP contribution in [0, 0.1) is 5.82 Å². The summed E-state index contributed by atoms with van der Waals surface area (Å²) in [5.74, 6) is -1.22. The normalized spacial score (nSPS) is 13.3. The predicted molar refractivity (Wildman–Crippen MR) is 82.3 cm³/mol. The molecule has 0 aliphatic carbocycles. The molecule has 0 atom stereocenters. The number of benzene rings is 2. The highest BCUT2D eigenvalue weighted by Crippen LogP contribution is 2.32. The third-order valence-corrected chi connectivity index (χ3v) is 4.60. The van der Waals surface area contributed by atoms with Crippen molar-refractivity contribution >= 4 is 27.6 Å². The van der Waals surface area contributed by atoms with Gasteiger partial charge in [0.1, 0.15) is 5.82 Å². The van der Waals surface area contributed by atoms with Gasteiger partial charge in [-0.25, -0.2) is 9.18 Å². The lowest BCUT2D eigenvalue weighted by Gasteiger charge is -2.20. The van der Waals surface area contributed by atoms with Gasteiger partial charge in [-0.3, -0.25) is 0 Å². The zero-order valence-corrected chi connectivity index (χ0v) is 12.7. The molecule has 0 aromatic heterocycles. The van der Waals surface area contributed by atoms with Crippen LogP contribution >= 0.6 is 15.9 Å². The Morgan fingerprint density at radius 1 is 1.33 bits per heavy atom. The van der Waals surface area contributed by atoms with Gasteiger partial charge in [-0.1, -0.05) is 18.2 Å². The SMILES string of the molecule is O=C(O)c1ccc2c(c1)N(Cc1cccc(F)c1Br)CC2. The van der Waals surface area contributed by atoms with Crippen molar-refractivity contribution in [3.63, 3.8) is 0 Å². The Kier molecular flexibility index (Phi) is 3.68. The number of carboxylic acid groups (broad SMARTS) is 1. The van der Waals surface area contributed by atoms with E-state index in [2.05, 4.69) is 20.8 Å². The first-order valence-electron chi connectivity index (χ1n) is 6.60. The van der Waals surface area contributed by atoms with E-state index in [1.807, 2.05) is 12.1 Å². The fourth-order valence-electron chi connectivity index (χ4n) is 2.62. The van der Waals surface area contributed by atoms with Crippen molar-refractivity contribution in [2.75, 3.05) is 11.4 Å². The van der Waals surface area contributed by atoms with Crippen LogP contribution in [-0.4, -0.2) is 17.6 Å². The molecule has 1 aliphatic heterocycles. The summed E-state index contributed by atoms with van der Waals surface area (Å²) in [6, 6.07) is 10.1. The number of carboxylic acids is 1. The van der Waals surface area contributed by atoms with E-state index in [0.29, 0.717) is 11.0 Å². The van der Waals surface area contributed by atoms with Crippen LogP contribution in [0.5, 0.6) is 0 Å². The molecule has 108 valence electrons. The van der Waals surface area contributed by atoms with Gasteiger partial charge < -0.3 is 10.0 Å². The highest BCUT2D eigenvalue weighted by molar-refractivity contribution is 9.10. The highest BCUT2D eigenvalue weighted by Gasteiger charge is 2.21. The predicted octanol–water partition coefficient (Wildman–Crippen LogP) is 3.85. The van der Waals surface area contributed by atoms with Crippen molar-refractivity contribution in [1.82, 2.24) is 0 Å². The molecule has 0 saturated carbocycles. The standard InChI is InChI=1S/C16H13BrFNO2/c17-15-12(2-1-3-13(15)18)9-19-7-6-10-4-5-11(16(20)21)8-14(10)19/h1-5,8H,6-7,9H2,(H,20,21). The molecule has 0 unspecified atom stereocenters. The van der Waals surface area contributed by atoms with E-state index >= 15 is 0 Å². The molecule has 0 fully saturated rings. The molecule has 2 aromatic rings. The molecule has 1 N–H and O–H groups in total. The second kappa shape index (κ2) is 5.48. The van der Waals surface area contributed by atoms with Gasteiger partial charge in [-0.15, -0.1) is 0 Å². The number of fused-ring (bicyclic) bond motifs is 1. The lowest BCUT2D eigenvalue weighted by molar-refractivity contribution is 0.0697. The van der Waals surface area contributed by atoms with Gasteiger partial charge in [0.25, 0.3) is 0 Å². The minimum Gasteiger partial charge on any atom is -0.478 e. The van der Waals surface area contributed by atoms with Crippen LogP contribution in [0.1, 0.15) is 21.5 Å². The zero-order valence-electron chi connectivity index (χ0n) is 11.1. The quantitative estimate of drug-likeness (QED) is 0.914. The van der Waals surface area contributed by atoms with Crippen molar-refractivity contribution in [2.45, 2.75) is 13.0 Å². The molecule has 0 spiro atoms. The van der Waals surface area contributed by atoms with Gasteiger partial charge in [-0.2, -0.15) is 0 Å². The molecule has 3 rings (SSSR count). The first kappa shape index (κ1) is 14.1. The van der Waals surface area contributed by atoms with E-state index in [9.17, 15) is 9.18 Å². The smallest absolute Gasteiger partial charge is 0.335 e. The zero-order chi connectivity index (χ0) is 15.0. The second-order valence-electron chi connectivity index (χ2n) is 5.03. The number of hydrogen-bond acceptors (Lipinski definition) is 2. The number of halogens is 2. The van der Waals surface area contributed by atoms with Crippen molar-refractivity contribution in [3.8, 4) is 0 Å². The molecule has 2 aromatic carbocycles. The molecule has 0 saturated heterocycles. The fourth-order valence-corrected chi connectivity index (χ4v) is 3.01. The largest absolute Gasteiger partial charge is 0.478 e. The van der Waals surface area contributed by atoms with E-state index in [4.69, 9.17) is 5.11 Å². The molecule has 5 heteroatoms. The summed E-state index contributed by atoms with van der Waals surface area (Å²) in [4.78, 5) is 13.2. The number of hydrogen-bond donors (Lipinski definition) is 1. The summed E-state index contributed by atoms with van der Waals surface area (Å²) in [6.07, 6.45) is 0.877. The minimum atomic E-state index is -0.934. The molecule has 1 heterocycles. The molecule has 1 aliphatic rings. The topological polar surface area (TPSA) is 40.5 Å². The lowest BCUT2D eigenvalue weighted by atomic mass is 10.1. The number of nitrogens with zero attached hydrogens (tertiary/aromatic N) is 1. The average molecular weight is 350 g/mol. The number of carbonyl (C=O) groups is 1. The summed E-state index contributed by atoms with van der Waals surface area (Å²) in [5, 5.41) is 9.10. The maximum Gasteiger partial charge on any atom is 0.335 e. The summed E-state index contributed by atoms with van der Waals surface area (Å²) < 4.78 is 14.0. The molecule has 3 nitrogen and oxygen atoms in total. The van der Waals surface area contributed by atoms with Gasteiger partial charge in [0.05, 0.1) is 10.0 Å². The Hall–Kier alpha value is -1.88. The van der Waals surface area contributed by atoms with E-state index < -0.39 is 5.97 Å². The van der Waals surface area contributed by atoms with E-state index in [1.54, 1.807) is 18.2 Å². The Balaban J connectivity index is 1.92. The molecule has 0 bridgehead atoms.